The van der Waals surface area contributed by atoms with Gasteiger partial charge in [-0.15, -0.1) is 0 Å². The lowest BCUT2D eigenvalue weighted by molar-refractivity contribution is -0.142. The molecular weight excluding hydrogens is 228 g/mol. The Labute approximate surface area is 110 Å². The molecule has 3 atom stereocenters. The number of likely N-dealkylation sites (tertiary alicyclic amines) is 2. The number of carboxylic acid groups (broad SMARTS) is 1. The summed E-state index contributed by atoms with van der Waals surface area (Å²) in [4.78, 5) is 16.1. The summed E-state index contributed by atoms with van der Waals surface area (Å²) in [6, 6.07) is 0.605. The van der Waals surface area contributed by atoms with Gasteiger partial charge in [-0.1, -0.05) is 13.8 Å². The van der Waals surface area contributed by atoms with Crippen LogP contribution in [0.5, 0.6) is 0 Å². The molecule has 2 saturated heterocycles. The molecule has 0 aromatic rings. The van der Waals surface area contributed by atoms with Crippen LogP contribution in [0.4, 0.5) is 0 Å². The minimum absolute atomic E-state index is 0.157. The van der Waals surface area contributed by atoms with Crippen molar-refractivity contribution >= 4 is 5.97 Å². The molecule has 2 fully saturated rings. The van der Waals surface area contributed by atoms with Crippen molar-refractivity contribution in [3.63, 3.8) is 0 Å². The molecule has 0 saturated carbocycles. The van der Waals surface area contributed by atoms with Gasteiger partial charge in [-0.05, 0) is 44.8 Å². The quantitative estimate of drug-likeness (QED) is 0.829. The van der Waals surface area contributed by atoms with Gasteiger partial charge in [-0.25, -0.2) is 0 Å². The molecule has 2 rings (SSSR count). The molecule has 0 aliphatic carbocycles. The van der Waals surface area contributed by atoms with Crippen molar-refractivity contribution in [2.24, 2.45) is 11.8 Å². The standard InChI is InChI=1S/C14H26N2O2/c1-3-15-7-4-5-12(6-8-15)16-9-11(2)13(10-16)14(17)18/h11-13H,3-10H2,1-2H3,(H,17,18)/t11-,12?,13-/m1/s1. The fourth-order valence-corrected chi connectivity index (χ4v) is 3.44. The topological polar surface area (TPSA) is 43.8 Å². The fourth-order valence-electron chi connectivity index (χ4n) is 3.44. The van der Waals surface area contributed by atoms with Crippen LogP contribution in [0.15, 0.2) is 0 Å². The van der Waals surface area contributed by atoms with Crippen LogP contribution in [-0.4, -0.2) is 59.6 Å². The molecule has 2 heterocycles. The van der Waals surface area contributed by atoms with E-state index in [1.165, 1.54) is 32.4 Å². The summed E-state index contributed by atoms with van der Waals surface area (Å²) in [6.45, 7) is 9.54. The second kappa shape index (κ2) is 6.02. The first-order valence-electron chi connectivity index (χ1n) is 7.31. The number of carboxylic acids is 1. The first-order valence-corrected chi connectivity index (χ1v) is 7.31. The highest BCUT2D eigenvalue weighted by Crippen LogP contribution is 2.28. The number of carbonyl (C=O) groups is 1. The van der Waals surface area contributed by atoms with Crippen molar-refractivity contribution in [3.8, 4) is 0 Å². The molecule has 2 aliphatic heterocycles. The zero-order valence-corrected chi connectivity index (χ0v) is 11.6. The van der Waals surface area contributed by atoms with Crippen molar-refractivity contribution in [1.82, 2.24) is 9.80 Å². The van der Waals surface area contributed by atoms with Gasteiger partial charge in [0.2, 0.25) is 0 Å². The highest BCUT2D eigenvalue weighted by molar-refractivity contribution is 5.71. The summed E-state index contributed by atoms with van der Waals surface area (Å²) in [6.07, 6.45) is 3.68. The van der Waals surface area contributed by atoms with Gasteiger partial charge in [-0.3, -0.25) is 9.69 Å². The molecule has 0 radical (unpaired) electrons. The van der Waals surface area contributed by atoms with Crippen LogP contribution >= 0.6 is 0 Å². The maximum absolute atomic E-state index is 11.2. The molecule has 2 aliphatic rings. The Bertz CT molecular complexity index is 296. The molecule has 0 amide bonds. The van der Waals surface area contributed by atoms with E-state index in [0.717, 1.165) is 19.6 Å². The molecule has 0 aromatic carbocycles. The molecule has 1 N–H and O–H groups in total. The molecule has 4 heteroatoms. The predicted molar refractivity (Wildman–Crippen MR) is 71.6 cm³/mol. The Morgan fingerprint density at radius 1 is 1.28 bits per heavy atom. The lowest BCUT2D eigenvalue weighted by Gasteiger charge is -2.26. The number of nitrogens with zero attached hydrogens (tertiary/aromatic N) is 2. The molecule has 0 aromatic heterocycles. The maximum Gasteiger partial charge on any atom is 0.308 e. The van der Waals surface area contributed by atoms with E-state index in [9.17, 15) is 9.90 Å². The van der Waals surface area contributed by atoms with E-state index in [2.05, 4.69) is 23.6 Å². The minimum Gasteiger partial charge on any atom is -0.481 e. The molecular formula is C14H26N2O2. The van der Waals surface area contributed by atoms with Gasteiger partial charge in [-0.2, -0.15) is 0 Å². The Morgan fingerprint density at radius 3 is 2.67 bits per heavy atom. The summed E-state index contributed by atoms with van der Waals surface area (Å²) < 4.78 is 0. The summed E-state index contributed by atoms with van der Waals surface area (Å²) >= 11 is 0. The van der Waals surface area contributed by atoms with Gasteiger partial charge in [0.05, 0.1) is 5.92 Å². The summed E-state index contributed by atoms with van der Waals surface area (Å²) in [5.41, 5.74) is 0. The third kappa shape index (κ3) is 3.04. The summed E-state index contributed by atoms with van der Waals surface area (Å²) in [7, 11) is 0. The van der Waals surface area contributed by atoms with Crippen molar-refractivity contribution in [3.05, 3.63) is 0 Å². The number of rotatable bonds is 3. The lowest BCUT2D eigenvalue weighted by atomic mass is 9.99. The van der Waals surface area contributed by atoms with Gasteiger partial charge in [0.25, 0.3) is 0 Å². The van der Waals surface area contributed by atoms with E-state index in [1.807, 2.05) is 0 Å². The summed E-state index contributed by atoms with van der Waals surface area (Å²) in [5, 5.41) is 9.20. The second-order valence-corrected chi connectivity index (χ2v) is 5.89. The molecule has 4 nitrogen and oxygen atoms in total. The third-order valence-electron chi connectivity index (χ3n) is 4.71. The molecule has 0 spiro atoms. The first-order chi connectivity index (χ1) is 8.61. The Morgan fingerprint density at radius 2 is 2.06 bits per heavy atom. The van der Waals surface area contributed by atoms with Crippen LogP contribution in [0.1, 0.15) is 33.1 Å². The van der Waals surface area contributed by atoms with Gasteiger partial charge >= 0.3 is 5.97 Å². The lowest BCUT2D eigenvalue weighted by Crippen LogP contribution is -2.35. The molecule has 1 unspecified atom stereocenters. The van der Waals surface area contributed by atoms with E-state index in [-0.39, 0.29) is 5.92 Å². The maximum atomic E-state index is 11.2. The van der Waals surface area contributed by atoms with Crippen LogP contribution in [-0.2, 0) is 4.79 Å². The average molecular weight is 254 g/mol. The first kappa shape index (κ1) is 13.8. The Kier molecular flexibility index (Phi) is 4.62. The third-order valence-corrected chi connectivity index (χ3v) is 4.71. The van der Waals surface area contributed by atoms with Crippen molar-refractivity contribution in [2.75, 3.05) is 32.7 Å². The van der Waals surface area contributed by atoms with E-state index < -0.39 is 5.97 Å². The largest absolute Gasteiger partial charge is 0.481 e. The highest BCUT2D eigenvalue weighted by atomic mass is 16.4. The average Bonchev–Trinajstić information content (AvgIpc) is 2.60. The van der Waals surface area contributed by atoms with Crippen molar-refractivity contribution in [2.45, 2.75) is 39.2 Å². The molecule has 0 bridgehead atoms. The van der Waals surface area contributed by atoms with E-state index in [4.69, 9.17) is 0 Å². The fraction of sp³-hybridized carbons (Fsp3) is 0.929. The van der Waals surface area contributed by atoms with Crippen LogP contribution < -0.4 is 0 Å². The van der Waals surface area contributed by atoms with E-state index in [1.54, 1.807) is 0 Å². The van der Waals surface area contributed by atoms with Crippen molar-refractivity contribution < 1.29 is 9.90 Å². The monoisotopic (exact) mass is 254 g/mol. The van der Waals surface area contributed by atoms with Crippen LogP contribution in [0.2, 0.25) is 0 Å². The van der Waals surface area contributed by atoms with Crippen LogP contribution in [0.25, 0.3) is 0 Å². The smallest absolute Gasteiger partial charge is 0.308 e. The van der Waals surface area contributed by atoms with Crippen LogP contribution in [0, 0.1) is 11.8 Å². The SMILES string of the molecule is CCN1CCCC(N2C[C@@H](C)[C@H](C(=O)O)C2)CC1. The minimum atomic E-state index is -0.617. The number of hydrogen-bond donors (Lipinski definition) is 1. The van der Waals surface area contributed by atoms with E-state index in [0.29, 0.717) is 12.0 Å². The highest BCUT2D eigenvalue weighted by Gasteiger charge is 2.37. The Balaban J connectivity index is 1.90. The van der Waals surface area contributed by atoms with Gasteiger partial charge < -0.3 is 10.0 Å². The van der Waals surface area contributed by atoms with Crippen molar-refractivity contribution in [1.29, 1.82) is 0 Å². The zero-order chi connectivity index (χ0) is 13.1. The number of aliphatic carboxylic acids is 1. The predicted octanol–water partition coefficient (Wildman–Crippen LogP) is 1.51. The zero-order valence-electron chi connectivity index (χ0n) is 11.6. The molecule has 104 valence electrons. The van der Waals surface area contributed by atoms with Gasteiger partial charge in [0.1, 0.15) is 0 Å². The number of hydrogen-bond acceptors (Lipinski definition) is 3. The van der Waals surface area contributed by atoms with Gasteiger partial charge in [0.15, 0.2) is 0 Å². The van der Waals surface area contributed by atoms with Gasteiger partial charge in [0, 0.05) is 19.1 Å². The van der Waals surface area contributed by atoms with E-state index >= 15 is 0 Å². The normalized spacial score (nSPS) is 35.6. The second-order valence-electron chi connectivity index (χ2n) is 5.89. The molecule has 18 heavy (non-hydrogen) atoms. The van der Waals surface area contributed by atoms with Crippen LogP contribution in [0.3, 0.4) is 0 Å². The summed E-state index contributed by atoms with van der Waals surface area (Å²) in [5.74, 6) is -0.475. The Hall–Kier alpha value is -0.610.